The van der Waals surface area contributed by atoms with E-state index >= 15 is 0 Å². The third-order valence-corrected chi connectivity index (χ3v) is 1.51. The van der Waals surface area contributed by atoms with Crippen molar-refractivity contribution in [2.45, 2.75) is 46.0 Å². The van der Waals surface area contributed by atoms with Crippen LogP contribution in [0.4, 0.5) is 0 Å². The van der Waals surface area contributed by atoms with E-state index in [4.69, 9.17) is 0 Å². The van der Waals surface area contributed by atoms with Crippen LogP contribution in [-0.2, 0) is 9.59 Å². The van der Waals surface area contributed by atoms with Crippen LogP contribution in [-0.4, -0.2) is 11.8 Å². The lowest BCUT2D eigenvalue weighted by atomic mass is 10.2. The molecule has 0 unspecified atom stereocenters. The summed E-state index contributed by atoms with van der Waals surface area (Å²) in [7, 11) is 0. The molecular weight excluding hydrogens is 154 g/mol. The summed E-state index contributed by atoms with van der Waals surface area (Å²) >= 11 is 0. The van der Waals surface area contributed by atoms with Gasteiger partial charge in [0.1, 0.15) is 0 Å². The first-order valence-corrected chi connectivity index (χ1v) is 4.53. The third-order valence-electron chi connectivity index (χ3n) is 1.51. The molecule has 70 valence electrons. The van der Waals surface area contributed by atoms with Crippen LogP contribution in [0.15, 0.2) is 0 Å². The van der Waals surface area contributed by atoms with Crippen molar-refractivity contribution in [1.29, 1.82) is 0 Å². The monoisotopic (exact) mass is 171 g/mol. The Kier molecular flexibility index (Phi) is 6.34. The van der Waals surface area contributed by atoms with Gasteiger partial charge in [-0.25, -0.2) is 0 Å². The van der Waals surface area contributed by atoms with Gasteiger partial charge in [-0.1, -0.05) is 20.3 Å². The molecule has 3 nitrogen and oxygen atoms in total. The maximum Gasteiger partial charge on any atom is 0.226 e. The Bertz CT molecular complexity index is 155. The molecule has 0 saturated heterocycles. The number of nitrogens with one attached hydrogen (secondary N) is 1. The zero-order valence-corrected chi connectivity index (χ0v) is 7.85. The largest absolute Gasteiger partial charge is 0.296 e. The van der Waals surface area contributed by atoms with Crippen LogP contribution in [0.5, 0.6) is 0 Å². The molecule has 0 saturated carbocycles. The second-order valence-electron chi connectivity index (χ2n) is 2.82. The van der Waals surface area contributed by atoms with E-state index in [1.165, 1.54) is 0 Å². The Labute approximate surface area is 73.5 Å². The summed E-state index contributed by atoms with van der Waals surface area (Å²) < 4.78 is 0. The average molecular weight is 171 g/mol. The first-order valence-electron chi connectivity index (χ1n) is 4.53. The molecule has 0 aliphatic rings. The number of carbonyl (C=O) groups excluding carboxylic acids is 2. The molecule has 0 heterocycles. The Hall–Kier alpha value is -0.860. The van der Waals surface area contributed by atoms with Crippen LogP contribution in [0.3, 0.4) is 0 Å². The van der Waals surface area contributed by atoms with Crippen LogP contribution in [0, 0.1) is 0 Å². The number of carbonyl (C=O) groups is 2. The number of hydrogen-bond donors (Lipinski definition) is 1. The van der Waals surface area contributed by atoms with Crippen molar-refractivity contribution in [2.75, 3.05) is 0 Å². The fourth-order valence-electron chi connectivity index (χ4n) is 0.845. The van der Waals surface area contributed by atoms with Crippen molar-refractivity contribution in [1.82, 2.24) is 5.32 Å². The topological polar surface area (TPSA) is 46.2 Å². The summed E-state index contributed by atoms with van der Waals surface area (Å²) in [5, 5.41) is 2.34. The van der Waals surface area contributed by atoms with E-state index in [1.807, 2.05) is 13.8 Å². The van der Waals surface area contributed by atoms with Gasteiger partial charge in [-0.05, 0) is 12.8 Å². The van der Waals surface area contributed by atoms with Gasteiger partial charge in [0.25, 0.3) is 0 Å². The number of hydrogen-bond acceptors (Lipinski definition) is 2. The van der Waals surface area contributed by atoms with Gasteiger partial charge in [0, 0.05) is 12.8 Å². The predicted octanol–water partition coefficient (Wildman–Crippen LogP) is 1.62. The standard InChI is InChI=1S/C9H17NO2/c1-3-5-7-9(12)10-8(11)6-4-2/h3-7H2,1-2H3,(H,10,11,12). The molecule has 0 fully saturated rings. The second kappa shape index (κ2) is 6.83. The minimum atomic E-state index is -0.154. The zero-order chi connectivity index (χ0) is 9.40. The highest BCUT2D eigenvalue weighted by Gasteiger charge is 2.04. The average Bonchev–Trinajstić information content (AvgIpc) is 2.01. The normalized spacial score (nSPS) is 9.50. The van der Waals surface area contributed by atoms with Crippen LogP contribution >= 0.6 is 0 Å². The molecule has 0 radical (unpaired) electrons. The SMILES string of the molecule is CCCCC(=O)NC(=O)CCC. The van der Waals surface area contributed by atoms with Crippen molar-refractivity contribution >= 4 is 11.8 Å². The minimum Gasteiger partial charge on any atom is -0.296 e. The van der Waals surface area contributed by atoms with E-state index in [-0.39, 0.29) is 11.8 Å². The van der Waals surface area contributed by atoms with Crippen LogP contribution in [0.1, 0.15) is 46.0 Å². The lowest BCUT2D eigenvalue weighted by Crippen LogP contribution is -2.29. The summed E-state index contributed by atoms with van der Waals surface area (Å²) in [6, 6.07) is 0. The third kappa shape index (κ3) is 5.89. The van der Waals surface area contributed by atoms with Crippen molar-refractivity contribution < 1.29 is 9.59 Å². The Morgan fingerprint density at radius 3 is 2.08 bits per heavy atom. The van der Waals surface area contributed by atoms with E-state index in [2.05, 4.69) is 5.32 Å². The van der Waals surface area contributed by atoms with E-state index < -0.39 is 0 Å². The summed E-state index contributed by atoms with van der Waals surface area (Å²) in [4.78, 5) is 21.8. The highest BCUT2D eigenvalue weighted by atomic mass is 16.2. The molecule has 1 N–H and O–H groups in total. The molecule has 0 bridgehead atoms. The fraction of sp³-hybridized carbons (Fsp3) is 0.778. The molecule has 0 spiro atoms. The zero-order valence-electron chi connectivity index (χ0n) is 7.85. The van der Waals surface area contributed by atoms with Gasteiger partial charge in [0.15, 0.2) is 0 Å². The van der Waals surface area contributed by atoms with Gasteiger partial charge in [0.05, 0.1) is 0 Å². The van der Waals surface area contributed by atoms with Gasteiger partial charge in [-0.3, -0.25) is 14.9 Å². The highest BCUT2D eigenvalue weighted by molar-refractivity contribution is 5.95. The number of rotatable bonds is 5. The van der Waals surface area contributed by atoms with E-state index in [9.17, 15) is 9.59 Å². The van der Waals surface area contributed by atoms with Crippen LogP contribution < -0.4 is 5.32 Å². The molecule has 2 amide bonds. The maximum absolute atomic E-state index is 11.0. The fourth-order valence-corrected chi connectivity index (χ4v) is 0.845. The molecule has 0 aliphatic carbocycles. The first-order chi connectivity index (χ1) is 5.70. The van der Waals surface area contributed by atoms with Crippen molar-refractivity contribution in [3.8, 4) is 0 Å². The quantitative estimate of drug-likeness (QED) is 0.683. The molecule has 0 aromatic carbocycles. The molecule has 3 heteroatoms. The Balaban J connectivity index is 3.47. The molecular formula is C9H17NO2. The van der Waals surface area contributed by atoms with Crippen molar-refractivity contribution in [2.24, 2.45) is 0 Å². The molecule has 0 aliphatic heterocycles. The summed E-state index contributed by atoms with van der Waals surface area (Å²) in [5.74, 6) is -0.297. The molecule has 0 aromatic rings. The summed E-state index contributed by atoms with van der Waals surface area (Å²) in [6.45, 7) is 3.93. The smallest absolute Gasteiger partial charge is 0.226 e. The second-order valence-corrected chi connectivity index (χ2v) is 2.82. The minimum absolute atomic E-state index is 0.143. The van der Waals surface area contributed by atoms with Gasteiger partial charge < -0.3 is 0 Å². The van der Waals surface area contributed by atoms with Crippen LogP contribution in [0.2, 0.25) is 0 Å². The van der Waals surface area contributed by atoms with Gasteiger partial charge in [0.2, 0.25) is 11.8 Å². The molecule has 0 aromatic heterocycles. The lowest BCUT2D eigenvalue weighted by Gasteiger charge is -2.01. The predicted molar refractivity (Wildman–Crippen MR) is 47.6 cm³/mol. The van der Waals surface area contributed by atoms with Gasteiger partial charge >= 0.3 is 0 Å². The van der Waals surface area contributed by atoms with Crippen molar-refractivity contribution in [3.63, 3.8) is 0 Å². The van der Waals surface area contributed by atoms with Crippen molar-refractivity contribution in [3.05, 3.63) is 0 Å². The summed E-state index contributed by atoms with van der Waals surface area (Å²) in [5.41, 5.74) is 0. The molecule has 0 rings (SSSR count). The van der Waals surface area contributed by atoms with Gasteiger partial charge in [-0.15, -0.1) is 0 Å². The van der Waals surface area contributed by atoms with Crippen LogP contribution in [0.25, 0.3) is 0 Å². The van der Waals surface area contributed by atoms with E-state index in [1.54, 1.807) is 0 Å². The summed E-state index contributed by atoms with van der Waals surface area (Å²) in [6.07, 6.45) is 3.53. The number of amides is 2. The molecule has 0 atom stereocenters. The number of imide groups is 1. The first kappa shape index (κ1) is 11.1. The number of unbranched alkanes of at least 4 members (excludes halogenated alkanes) is 1. The molecule has 12 heavy (non-hydrogen) atoms. The lowest BCUT2D eigenvalue weighted by molar-refractivity contribution is -0.130. The van der Waals surface area contributed by atoms with E-state index in [0.717, 1.165) is 19.3 Å². The maximum atomic E-state index is 11.0. The highest BCUT2D eigenvalue weighted by Crippen LogP contribution is 1.94. The van der Waals surface area contributed by atoms with E-state index in [0.29, 0.717) is 12.8 Å². The Morgan fingerprint density at radius 1 is 1.00 bits per heavy atom. The van der Waals surface area contributed by atoms with Gasteiger partial charge in [-0.2, -0.15) is 0 Å². The Morgan fingerprint density at radius 2 is 1.58 bits per heavy atom.